The van der Waals surface area contributed by atoms with E-state index in [0.717, 1.165) is 11.3 Å². The third-order valence-electron chi connectivity index (χ3n) is 4.81. The number of ether oxygens (including phenoxy) is 1. The first-order valence-electron chi connectivity index (χ1n) is 9.45. The van der Waals surface area contributed by atoms with Crippen molar-refractivity contribution >= 4 is 17.5 Å². The summed E-state index contributed by atoms with van der Waals surface area (Å²) in [4.78, 5) is 26.1. The molecule has 0 spiro atoms. The lowest BCUT2D eigenvalue weighted by molar-refractivity contribution is -0.129. The van der Waals surface area contributed by atoms with Crippen molar-refractivity contribution in [3.05, 3.63) is 65.5 Å². The van der Waals surface area contributed by atoms with Crippen LogP contribution in [0.3, 0.4) is 0 Å². The summed E-state index contributed by atoms with van der Waals surface area (Å²) in [5.41, 5.74) is 2.79. The number of benzene rings is 2. The van der Waals surface area contributed by atoms with Crippen molar-refractivity contribution in [2.24, 2.45) is 0 Å². The van der Waals surface area contributed by atoms with Crippen LogP contribution in [0, 0.1) is 5.82 Å². The molecule has 1 heterocycles. The Kier molecular flexibility index (Phi) is 6.41. The minimum atomic E-state index is -0.328. The first kappa shape index (κ1) is 20.0. The molecule has 28 heavy (non-hydrogen) atoms. The maximum absolute atomic E-state index is 12.9. The van der Waals surface area contributed by atoms with Gasteiger partial charge in [0.05, 0.1) is 19.1 Å². The fourth-order valence-corrected chi connectivity index (χ4v) is 3.12. The SMILES string of the molecule is CC(C)c1ccc(N2CC(CNC(=O)Cc3ccc(F)cc3)OCC2=O)cc1. The Morgan fingerprint density at radius 3 is 2.50 bits per heavy atom. The van der Waals surface area contributed by atoms with Crippen molar-refractivity contribution in [2.45, 2.75) is 32.3 Å². The van der Waals surface area contributed by atoms with E-state index < -0.39 is 0 Å². The maximum Gasteiger partial charge on any atom is 0.253 e. The topological polar surface area (TPSA) is 58.6 Å². The number of morpholine rings is 1. The molecule has 1 atom stereocenters. The lowest BCUT2D eigenvalue weighted by Gasteiger charge is -2.33. The van der Waals surface area contributed by atoms with Crippen LogP contribution in [0.4, 0.5) is 10.1 Å². The van der Waals surface area contributed by atoms with Gasteiger partial charge in [-0.2, -0.15) is 0 Å². The molecule has 2 aromatic carbocycles. The molecule has 6 heteroatoms. The third kappa shape index (κ3) is 5.16. The van der Waals surface area contributed by atoms with Gasteiger partial charge in [0.15, 0.2) is 0 Å². The first-order valence-corrected chi connectivity index (χ1v) is 9.45. The summed E-state index contributed by atoms with van der Waals surface area (Å²) in [6.07, 6.45) is -0.105. The number of hydrogen-bond acceptors (Lipinski definition) is 3. The van der Waals surface area contributed by atoms with Gasteiger partial charge >= 0.3 is 0 Å². The summed E-state index contributed by atoms with van der Waals surface area (Å²) in [5.74, 6) is -0.157. The third-order valence-corrected chi connectivity index (χ3v) is 4.81. The molecular formula is C22H25FN2O3. The highest BCUT2D eigenvalue weighted by molar-refractivity contribution is 5.95. The van der Waals surface area contributed by atoms with Gasteiger partial charge in [-0.3, -0.25) is 9.59 Å². The van der Waals surface area contributed by atoms with E-state index in [-0.39, 0.29) is 36.8 Å². The second kappa shape index (κ2) is 8.97. The van der Waals surface area contributed by atoms with Gasteiger partial charge in [0.25, 0.3) is 5.91 Å². The van der Waals surface area contributed by atoms with E-state index in [0.29, 0.717) is 19.0 Å². The monoisotopic (exact) mass is 384 g/mol. The smallest absolute Gasteiger partial charge is 0.253 e. The maximum atomic E-state index is 12.9. The molecule has 1 aliphatic heterocycles. The van der Waals surface area contributed by atoms with Crippen molar-refractivity contribution in [2.75, 3.05) is 24.6 Å². The van der Waals surface area contributed by atoms with Crippen molar-refractivity contribution in [3.8, 4) is 0 Å². The summed E-state index contributed by atoms with van der Waals surface area (Å²) in [6.45, 7) is 4.94. The number of amides is 2. The fourth-order valence-electron chi connectivity index (χ4n) is 3.12. The van der Waals surface area contributed by atoms with Crippen LogP contribution in [0.1, 0.15) is 30.9 Å². The van der Waals surface area contributed by atoms with Crippen LogP contribution < -0.4 is 10.2 Å². The summed E-state index contributed by atoms with van der Waals surface area (Å²) >= 11 is 0. The van der Waals surface area contributed by atoms with Crippen LogP contribution in [0.25, 0.3) is 0 Å². The van der Waals surface area contributed by atoms with E-state index in [9.17, 15) is 14.0 Å². The number of halogens is 1. The van der Waals surface area contributed by atoms with Gasteiger partial charge in [-0.1, -0.05) is 38.1 Å². The number of nitrogens with one attached hydrogen (secondary N) is 1. The van der Waals surface area contributed by atoms with E-state index in [1.54, 1.807) is 17.0 Å². The molecule has 0 bridgehead atoms. The molecular weight excluding hydrogens is 359 g/mol. The molecule has 1 saturated heterocycles. The lowest BCUT2D eigenvalue weighted by Crippen LogP contribution is -2.50. The van der Waals surface area contributed by atoms with E-state index >= 15 is 0 Å². The highest BCUT2D eigenvalue weighted by Gasteiger charge is 2.27. The van der Waals surface area contributed by atoms with Crippen LogP contribution in [-0.4, -0.2) is 37.6 Å². The van der Waals surface area contributed by atoms with E-state index in [1.807, 2.05) is 24.3 Å². The molecule has 3 rings (SSSR count). The zero-order valence-corrected chi connectivity index (χ0v) is 16.2. The Morgan fingerprint density at radius 2 is 1.86 bits per heavy atom. The van der Waals surface area contributed by atoms with Crippen LogP contribution in [0.5, 0.6) is 0 Å². The van der Waals surface area contributed by atoms with Crippen molar-refractivity contribution in [1.82, 2.24) is 5.32 Å². The van der Waals surface area contributed by atoms with Crippen molar-refractivity contribution in [3.63, 3.8) is 0 Å². The second-order valence-corrected chi connectivity index (χ2v) is 7.29. The Labute approximate surface area is 164 Å². The number of carbonyl (C=O) groups excluding carboxylic acids is 2. The second-order valence-electron chi connectivity index (χ2n) is 7.29. The fraction of sp³-hybridized carbons (Fsp3) is 0.364. The minimum absolute atomic E-state index is 0.00949. The van der Waals surface area contributed by atoms with Crippen molar-refractivity contribution < 1.29 is 18.7 Å². The zero-order valence-electron chi connectivity index (χ0n) is 16.2. The molecule has 5 nitrogen and oxygen atoms in total. The number of nitrogens with zero attached hydrogens (tertiary/aromatic N) is 1. The minimum Gasteiger partial charge on any atom is -0.365 e. The summed E-state index contributed by atoms with van der Waals surface area (Å²) < 4.78 is 18.5. The largest absolute Gasteiger partial charge is 0.365 e. The molecule has 0 saturated carbocycles. The number of carbonyl (C=O) groups is 2. The van der Waals surface area contributed by atoms with Gasteiger partial charge in [0, 0.05) is 12.2 Å². The Bertz CT molecular complexity index is 819. The number of rotatable bonds is 6. The van der Waals surface area contributed by atoms with Gasteiger partial charge in [-0.15, -0.1) is 0 Å². The zero-order chi connectivity index (χ0) is 20.1. The molecule has 1 fully saturated rings. The molecule has 2 aromatic rings. The average Bonchev–Trinajstić information content (AvgIpc) is 2.69. The summed E-state index contributed by atoms with van der Waals surface area (Å²) in [5, 5.41) is 2.83. The molecule has 1 unspecified atom stereocenters. The average molecular weight is 384 g/mol. The first-order chi connectivity index (χ1) is 13.4. The number of anilines is 1. The molecule has 1 aliphatic rings. The standard InChI is InChI=1S/C22H25FN2O3/c1-15(2)17-5-9-19(10-6-17)25-13-20(28-14-22(25)27)12-24-21(26)11-16-3-7-18(23)8-4-16/h3-10,15,20H,11-14H2,1-2H3,(H,24,26). The normalized spacial score (nSPS) is 17.1. The molecule has 0 radical (unpaired) electrons. The van der Waals surface area contributed by atoms with Gasteiger partial charge in [-0.25, -0.2) is 4.39 Å². The van der Waals surface area contributed by atoms with Crippen LogP contribution in [0.15, 0.2) is 48.5 Å². The predicted molar refractivity (Wildman–Crippen MR) is 106 cm³/mol. The van der Waals surface area contributed by atoms with Crippen LogP contribution in [-0.2, 0) is 20.7 Å². The van der Waals surface area contributed by atoms with Crippen LogP contribution in [0.2, 0.25) is 0 Å². The molecule has 0 aromatic heterocycles. The Balaban J connectivity index is 1.54. The van der Waals surface area contributed by atoms with E-state index in [2.05, 4.69) is 19.2 Å². The Hall–Kier alpha value is -2.73. The quantitative estimate of drug-likeness (QED) is 0.833. The van der Waals surface area contributed by atoms with Gasteiger partial charge < -0.3 is 15.0 Å². The van der Waals surface area contributed by atoms with Gasteiger partial charge in [0.2, 0.25) is 5.91 Å². The highest BCUT2D eigenvalue weighted by Crippen LogP contribution is 2.22. The van der Waals surface area contributed by atoms with Gasteiger partial charge in [-0.05, 0) is 41.3 Å². The van der Waals surface area contributed by atoms with E-state index in [4.69, 9.17) is 4.74 Å². The highest BCUT2D eigenvalue weighted by atomic mass is 19.1. The summed E-state index contributed by atoms with van der Waals surface area (Å²) in [6, 6.07) is 13.8. The molecule has 1 N–H and O–H groups in total. The molecule has 2 amide bonds. The van der Waals surface area contributed by atoms with Crippen molar-refractivity contribution in [1.29, 1.82) is 0 Å². The lowest BCUT2D eigenvalue weighted by atomic mass is 10.0. The predicted octanol–water partition coefficient (Wildman–Crippen LogP) is 3.04. The Morgan fingerprint density at radius 1 is 1.18 bits per heavy atom. The number of hydrogen-bond donors (Lipinski definition) is 1. The van der Waals surface area contributed by atoms with Crippen LogP contribution >= 0.6 is 0 Å². The van der Waals surface area contributed by atoms with Gasteiger partial charge in [0.1, 0.15) is 12.4 Å². The summed E-state index contributed by atoms with van der Waals surface area (Å²) in [7, 11) is 0. The molecule has 148 valence electrons. The molecule has 0 aliphatic carbocycles. The van der Waals surface area contributed by atoms with E-state index in [1.165, 1.54) is 17.7 Å².